The molecule has 0 radical (unpaired) electrons. The lowest BCUT2D eigenvalue weighted by Gasteiger charge is -2.08. The average Bonchev–Trinajstić information content (AvgIpc) is 2.58. The summed E-state index contributed by atoms with van der Waals surface area (Å²) < 4.78 is 18.5. The fourth-order valence-corrected chi connectivity index (χ4v) is 1.88. The van der Waals surface area contributed by atoms with Gasteiger partial charge in [-0.1, -0.05) is 12.0 Å². The molecule has 2 N–H and O–H groups in total. The number of carbonyl (C=O) groups excluding carboxylic acids is 1. The number of nitrogens with zero attached hydrogens (tertiary/aromatic N) is 1. The molecular formula is C17H16FN3O2. The number of amides is 1. The number of terminal acetylenes is 1. The van der Waals surface area contributed by atoms with Crippen molar-refractivity contribution in [3.8, 4) is 18.1 Å². The molecule has 0 saturated heterocycles. The Morgan fingerprint density at radius 2 is 2.22 bits per heavy atom. The molecule has 23 heavy (non-hydrogen) atoms. The summed E-state index contributed by atoms with van der Waals surface area (Å²) in [6.07, 6.45) is 6.52. The van der Waals surface area contributed by atoms with Gasteiger partial charge in [-0.05, 0) is 29.8 Å². The Morgan fingerprint density at radius 3 is 2.83 bits per heavy atom. The number of rotatable bonds is 6. The van der Waals surface area contributed by atoms with E-state index in [4.69, 9.17) is 11.2 Å². The molecule has 118 valence electrons. The van der Waals surface area contributed by atoms with Crippen LogP contribution in [0.15, 0.2) is 36.5 Å². The van der Waals surface area contributed by atoms with E-state index in [0.717, 1.165) is 5.56 Å². The standard InChI is InChI=1S/C17H16FN3O2/c1-3-8-19-17(22)13-5-7-16(21-11-13)20-10-12-4-6-15(23-2)14(18)9-12/h1,4-7,9,11H,8,10H2,2H3,(H,19,22)(H,20,21). The largest absolute Gasteiger partial charge is 0.494 e. The summed E-state index contributed by atoms with van der Waals surface area (Å²) in [6, 6.07) is 8.03. The molecule has 0 bridgehead atoms. The first-order valence-electron chi connectivity index (χ1n) is 6.88. The van der Waals surface area contributed by atoms with Crippen molar-refractivity contribution in [1.82, 2.24) is 10.3 Å². The fourth-order valence-electron chi connectivity index (χ4n) is 1.88. The van der Waals surface area contributed by atoms with E-state index < -0.39 is 5.82 Å². The second-order valence-electron chi connectivity index (χ2n) is 4.64. The molecule has 2 rings (SSSR count). The molecule has 0 aliphatic carbocycles. The minimum atomic E-state index is -0.416. The molecule has 0 aliphatic heterocycles. The normalized spacial score (nSPS) is 9.78. The third-order valence-electron chi connectivity index (χ3n) is 3.07. The van der Waals surface area contributed by atoms with E-state index in [1.54, 1.807) is 24.3 Å². The SMILES string of the molecule is C#CCNC(=O)c1ccc(NCc2ccc(OC)c(F)c2)nc1. The summed E-state index contributed by atoms with van der Waals surface area (Å²) in [7, 11) is 1.42. The molecule has 2 aromatic rings. The van der Waals surface area contributed by atoms with Gasteiger partial charge in [0.05, 0.1) is 19.2 Å². The van der Waals surface area contributed by atoms with Crippen molar-refractivity contribution in [2.24, 2.45) is 0 Å². The topological polar surface area (TPSA) is 63.2 Å². The number of hydrogen-bond donors (Lipinski definition) is 2. The average molecular weight is 313 g/mol. The van der Waals surface area contributed by atoms with Crippen LogP contribution in [0.2, 0.25) is 0 Å². The Hall–Kier alpha value is -3.07. The number of nitrogens with one attached hydrogen (secondary N) is 2. The zero-order valence-electron chi connectivity index (χ0n) is 12.6. The predicted octanol–water partition coefficient (Wildman–Crippen LogP) is 2.20. The molecule has 1 heterocycles. The highest BCUT2D eigenvalue weighted by Gasteiger charge is 2.06. The Balaban J connectivity index is 1.95. The molecule has 0 unspecified atom stereocenters. The highest BCUT2D eigenvalue weighted by atomic mass is 19.1. The van der Waals surface area contributed by atoms with Gasteiger partial charge in [-0.3, -0.25) is 4.79 Å². The number of anilines is 1. The first-order valence-corrected chi connectivity index (χ1v) is 6.88. The van der Waals surface area contributed by atoms with E-state index in [1.807, 2.05) is 0 Å². The molecule has 1 amide bonds. The second kappa shape index (κ2) is 7.80. The Kier molecular flexibility index (Phi) is 5.53. The van der Waals surface area contributed by atoms with Crippen LogP contribution in [-0.2, 0) is 6.54 Å². The highest BCUT2D eigenvalue weighted by molar-refractivity contribution is 5.94. The van der Waals surface area contributed by atoms with Crippen molar-refractivity contribution in [3.05, 3.63) is 53.5 Å². The summed E-state index contributed by atoms with van der Waals surface area (Å²) in [5.41, 5.74) is 1.17. The molecule has 0 saturated carbocycles. The number of carbonyl (C=O) groups is 1. The predicted molar refractivity (Wildman–Crippen MR) is 85.7 cm³/mol. The summed E-state index contributed by atoms with van der Waals surface area (Å²) >= 11 is 0. The number of pyridine rings is 1. The second-order valence-corrected chi connectivity index (χ2v) is 4.64. The number of hydrogen-bond acceptors (Lipinski definition) is 4. The lowest BCUT2D eigenvalue weighted by atomic mass is 10.2. The molecule has 6 heteroatoms. The third-order valence-corrected chi connectivity index (χ3v) is 3.07. The molecule has 5 nitrogen and oxygen atoms in total. The number of aromatic nitrogens is 1. The van der Waals surface area contributed by atoms with Gasteiger partial charge >= 0.3 is 0 Å². The minimum absolute atomic E-state index is 0.169. The van der Waals surface area contributed by atoms with Crippen molar-refractivity contribution < 1.29 is 13.9 Å². The van der Waals surface area contributed by atoms with Crippen molar-refractivity contribution in [3.63, 3.8) is 0 Å². The lowest BCUT2D eigenvalue weighted by molar-refractivity contribution is 0.0958. The Bertz CT molecular complexity index is 724. The van der Waals surface area contributed by atoms with Gasteiger partial charge in [0.1, 0.15) is 5.82 Å². The van der Waals surface area contributed by atoms with Gasteiger partial charge in [-0.15, -0.1) is 6.42 Å². The minimum Gasteiger partial charge on any atom is -0.494 e. The maximum Gasteiger partial charge on any atom is 0.253 e. The van der Waals surface area contributed by atoms with Crippen LogP contribution in [0.4, 0.5) is 10.2 Å². The third kappa shape index (κ3) is 4.45. The molecule has 0 atom stereocenters. The highest BCUT2D eigenvalue weighted by Crippen LogP contribution is 2.18. The van der Waals surface area contributed by atoms with E-state index in [1.165, 1.54) is 19.4 Å². The number of ether oxygens (including phenoxy) is 1. The van der Waals surface area contributed by atoms with E-state index >= 15 is 0 Å². The lowest BCUT2D eigenvalue weighted by Crippen LogP contribution is -2.23. The van der Waals surface area contributed by atoms with Crippen molar-refractivity contribution >= 4 is 11.7 Å². The van der Waals surface area contributed by atoms with Crippen LogP contribution in [0, 0.1) is 18.2 Å². The van der Waals surface area contributed by atoms with Gasteiger partial charge < -0.3 is 15.4 Å². The van der Waals surface area contributed by atoms with Crippen LogP contribution < -0.4 is 15.4 Å². The molecule has 1 aromatic heterocycles. The van der Waals surface area contributed by atoms with Crippen LogP contribution in [-0.4, -0.2) is 24.5 Å². The first-order chi connectivity index (χ1) is 11.1. The van der Waals surface area contributed by atoms with Gasteiger partial charge in [0, 0.05) is 12.7 Å². The van der Waals surface area contributed by atoms with Crippen molar-refractivity contribution in [2.45, 2.75) is 6.54 Å². The maximum absolute atomic E-state index is 13.6. The maximum atomic E-state index is 13.6. The number of methoxy groups -OCH3 is 1. The zero-order valence-corrected chi connectivity index (χ0v) is 12.6. The molecule has 1 aromatic carbocycles. The zero-order chi connectivity index (χ0) is 16.7. The summed E-state index contributed by atoms with van der Waals surface area (Å²) in [4.78, 5) is 15.8. The molecule has 0 spiro atoms. The van der Waals surface area contributed by atoms with Crippen LogP contribution in [0.1, 0.15) is 15.9 Å². The monoisotopic (exact) mass is 313 g/mol. The first kappa shape index (κ1) is 16.3. The van der Waals surface area contributed by atoms with Crippen LogP contribution in [0.5, 0.6) is 5.75 Å². The number of benzene rings is 1. The summed E-state index contributed by atoms with van der Waals surface area (Å²) in [5, 5.41) is 5.61. The van der Waals surface area contributed by atoms with Crippen LogP contribution in [0.25, 0.3) is 0 Å². The van der Waals surface area contributed by atoms with E-state index in [0.29, 0.717) is 17.9 Å². The van der Waals surface area contributed by atoms with Crippen molar-refractivity contribution in [1.29, 1.82) is 0 Å². The van der Waals surface area contributed by atoms with Gasteiger partial charge in [-0.25, -0.2) is 9.37 Å². The Labute approximate surface area is 133 Å². The van der Waals surface area contributed by atoms with Crippen LogP contribution in [0.3, 0.4) is 0 Å². The molecule has 0 aliphatic rings. The quantitative estimate of drug-likeness (QED) is 0.803. The number of halogens is 1. The molecular weight excluding hydrogens is 297 g/mol. The van der Waals surface area contributed by atoms with Gasteiger partial charge in [0.2, 0.25) is 0 Å². The van der Waals surface area contributed by atoms with Gasteiger partial charge in [-0.2, -0.15) is 0 Å². The fraction of sp³-hybridized carbons (Fsp3) is 0.176. The smallest absolute Gasteiger partial charge is 0.253 e. The molecule has 0 fully saturated rings. The van der Waals surface area contributed by atoms with E-state index in [-0.39, 0.29) is 18.2 Å². The summed E-state index contributed by atoms with van der Waals surface area (Å²) in [5.74, 6) is 2.41. The van der Waals surface area contributed by atoms with E-state index in [9.17, 15) is 9.18 Å². The Morgan fingerprint density at radius 1 is 1.39 bits per heavy atom. The van der Waals surface area contributed by atoms with Crippen molar-refractivity contribution in [2.75, 3.05) is 19.0 Å². The summed E-state index contributed by atoms with van der Waals surface area (Å²) in [6.45, 7) is 0.568. The van der Waals surface area contributed by atoms with Crippen LogP contribution >= 0.6 is 0 Å². The van der Waals surface area contributed by atoms with Gasteiger partial charge in [0.15, 0.2) is 11.6 Å². The van der Waals surface area contributed by atoms with Gasteiger partial charge in [0.25, 0.3) is 5.91 Å². The van der Waals surface area contributed by atoms with E-state index in [2.05, 4.69) is 21.5 Å².